The van der Waals surface area contributed by atoms with Gasteiger partial charge in [-0.05, 0) is 18.1 Å². The van der Waals surface area contributed by atoms with Crippen molar-refractivity contribution in [2.75, 3.05) is 13.7 Å². The minimum absolute atomic E-state index is 0.105. The highest BCUT2D eigenvalue weighted by Crippen LogP contribution is 2.48. The summed E-state index contributed by atoms with van der Waals surface area (Å²) in [7, 11) is 1.80. The Morgan fingerprint density at radius 1 is 1.08 bits per heavy atom. The molecule has 0 aliphatic carbocycles. The van der Waals surface area contributed by atoms with Crippen LogP contribution in [0.3, 0.4) is 0 Å². The number of likely N-dealkylation sites (N-methyl/N-ethyl adjacent to an activating group) is 1. The quantitative estimate of drug-likeness (QED) is 0.808. The van der Waals surface area contributed by atoms with Gasteiger partial charge in [0.1, 0.15) is 11.6 Å². The van der Waals surface area contributed by atoms with Gasteiger partial charge in [0, 0.05) is 13.0 Å². The smallest absolute Gasteiger partial charge is 0.326 e. The second-order valence-electron chi connectivity index (χ2n) is 6.09. The predicted octanol–water partition coefficient (Wildman–Crippen LogP) is 3.38. The standard InChI is InChI=1S/C20H23NO3/c1-4-23-19(22)18-15(2)20(24-21(18)3,16-11-7-5-8-12-16)17-13-9-6-10-14-17/h5-15,18H,4H2,1-3H3/t15-,18-/m1/s1. The number of carbonyl (C=O) groups is 1. The van der Waals surface area contributed by atoms with E-state index in [-0.39, 0.29) is 11.9 Å². The first-order valence-corrected chi connectivity index (χ1v) is 8.31. The van der Waals surface area contributed by atoms with Gasteiger partial charge in [0.05, 0.1) is 6.61 Å². The summed E-state index contributed by atoms with van der Waals surface area (Å²) in [6.07, 6.45) is 0. The van der Waals surface area contributed by atoms with Crippen LogP contribution < -0.4 is 0 Å². The Balaban J connectivity index is 2.12. The number of hydrogen-bond acceptors (Lipinski definition) is 4. The minimum atomic E-state index is -0.714. The predicted molar refractivity (Wildman–Crippen MR) is 92.1 cm³/mol. The molecule has 0 amide bonds. The van der Waals surface area contributed by atoms with Gasteiger partial charge in [-0.2, -0.15) is 5.06 Å². The summed E-state index contributed by atoms with van der Waals surface area (Å²) in [5, 5.41) is 1.64. The maximum Gasteiger partial charge on any atom is 0.326 e. The van der Waals surface area contributed by atoms with Crippen molar-refractivity contribution in [3.63, 3.8) is 0 Å². The van der Waals surface area contributed by atoms with Crippen molar-refractivity contribution in [3.8, 4) is 0 Å². The van der Waals surface area contributed by atoms with Crippen LogP contribution in [0.15, 0.2) is 60.7 Å². The van der Waals surface area contributed by atoms with E-state index in [2.05, 4.69) is 0 Å². The molecule has 2 aromatic carbocycles. The Morgan fingerprint density at radius 3 is 2.04 bits per heavy atom. The van der Waals surface area contributed by atoms with Gasteiger partial charge in [-0.1, -0.05) is 67.6 Å². The van der Waals surface area contributed by atoms with Crippen molar-refractivity contribution < 1.29 is 14.4 Å². The molecule has 0 saturated carbocycles. The number of benzene rings is 2. The monoisotopic (exact) mass is 325 g/mol. The Hall–Kier alpha value is -2.17. The second-order valence-corrected chi connectivity index (χ2v) is 6.09. The van der Waals surface area contributed by atoms with Gasteiger partial charge in [-0.15, -0.1) is 0 Å². The third kappa shape index (κ3) is 2.62. The highest BCUT2D eigenvalue weighted by atomic mass is 16.7. The van der Waals surface area contributed by atoms with Crippen LogP contribution in [0, 0.1) is 5.92 Å². The fourth-order valence-electron chi connectivity index (χ4n) is 3.65. The summed E-state index contributed by atoms with van der Waals surface area (Å²) < 4.78 is 5.27. The molecule has 1 heterocycles. The van der Waals surface area contributed by atoms with E-state index in [4.69, 9.17) is 9.57 Å². The van der Waals surface area contributed by atoms with Crippen molar-refractivity contribution in [1.29, 1.82) is 0 Å². The fraction of sp³-hybridized carbons (Fsp3) is 0.350. The molecule has 4 nitrogen and oxygen atoms in total. The third-order valence-corrected chi connectivity index (χ3v) is 4.73. The van der Waals surface area contributed by atoms with E-state index in [0.717, 1.165) is 11.1 Å². The molecule has 1 saturated heterocycles. The SMILES string of the molecule is CCOC(=O)[C@H]1[C@@H](C)C(c2ccccc2)(c2ccccc2)ON1C. The van der Waals surface area contributed by atoms with E-state index in [1.807, 2.05) is 74.5 Å². The van der Waals surface area contributed by atoms with Crippen LogP contribution in [0.4, 0.5) is 0 Å². The maximum atomic E-state index is 12.5. The van der Waals surface area contributed by atoms with Crippen molar-refractivity contribution in [3.05, 3.63) is 71.8 Å². The largest absolute Gasteiger partial charge is 0.465 e. The number of carbonyl (C=O) groups excluding carboxylic acids is 1. The average Bonchev–Trinajstić information content (AvgIpc) is 2.88. The molecule has 0 aromatic heterocycles. The molecule has 126 valence electrons. The van der Waals surface area contributed by atoms with E-state index in [0.29, 0.717) is 6.61 Å². The molecule has 0 radical (unpaired) electrons. The van der Waals surface area contributed by atoms with Gasteiger partial charge >= 0.3 is 5.97 Å². The maximum absolute atomic E-state index is 12.5. The van der Waals surface area contributed by atoms with Crippen LogP contribution in [0.25, 0.3) is 0 Å². The molecule has 2 atom stereocenters. The van der Waals surface area contributed by atoms with Gasteiger partial charge in [0.25, 0.3) is 0 Å². The van der Waals surface area contributed by atoms with Crippen LogP contribution in [-0.4, -0.2) is 30.7 Å². The zero-order chi connectivity index (χ0) is 17.2. The number of rotatable bonds is 4. The zero-order valence-electron chi connectivity index (χ0n) is 14.3. The summed E-state index contributed by atoms with van der Waals surface area (Å²) in [6.45, 7) is 4.23. The molecule has 4 heteroatoms. The summed E-state index contributed by atoms with van der Waals surface area (Å²) in [4.78, 5) is 18.8. The topological polar surface area (TPSA) is 38.8 Å². The molecule has 0 bridgehead atoms. The lowest BCUT2D eigenvalue weighted by Crippen LogP contribution is -2.40. The fourth-order valence-corrected chi connectivity index (χ4v) is 3.65. The zero-order valence-corrected chi connectivity index (χ0v) is 14.3. The first-order chi connectivity index (χ1) is 11.6. The molecule has 1 fully saturated rings. The van der Waals surface area contributed by atoms with Crippen molar-refractivity contribution in [1.82, 2.24) is 5.06 Å². The Labute approximate surface area is 143 Å². The lowest BCUT2D eigenvalue weighted by Gasteiger charge is -2.33. The van der Waals surface area contributed by atoms with Gasteiger partial charge in [-0.25, -0.2) is 0 Å². The number of hydrogen-bond donors (Lipinski definition) is 0. The molecule has 24 heavy (non-hydrogen) atoms. The first-order valence-electron chi connectivity index (χ1n) is 8.31. The molecule has 1 aliphatic rings. The highest BCUT2D eigenvalue weighted by molar-refractivity contribution is 5.77. The van der Waals surface area contributed by atoms with Crippen LogP contribution in [-0.2, 0) is 20.0 Å². The number of nitrogens with zero attached hydrogens (tertiary/aromatic N) is 1. The van der Waals surface area contributed by atoms with Crippen LogP contribution in [0.2, 0.25) is 0 Å². The summed E-state index contributed by atoms with van der Waals surface area (Å²) in [6, 6.07) is 19.7. The van der Waals surface area contributed by atoms with Crippen molar-refractivity contribution in [2.45, 2.75) is 25.5 Å². The van der Waals surface area contributed by atoms with Gasteiger partial charge in [0.15, 0.2) is 0 Å². The van der Waals surface area contributed by atoms with E-state index >= 15 is 0 Å². The number of hydroxylamine groups is 2. The van der Waals surface area contributed by atoms with Gasteiger partial charge in [-0.3, -0.25) is 9.63 Å². The third-order valence-electron chi connectivity index (χ3n) is 4.73. The molecule has 0 unspecified atom stereocenters. The van der Waals surface area contributed by atoms with Gasteiger partial charge < -0.3 is 4.74 Å². The first kappa shape index (κ1) is 16.7. The van der Waals surface area contributed by atoms with E-state index in [9.17, 15) is 4.79 Å². The lowest BCUT2D eigenvalue weighted by atomic mass is 9.74. The van der Waals surface area contributed by atoms with Crippen LogP contribution >= 0.6 is 0 Å². The number of ether oxygens (including phenoxy) is 1. The van der Waals surface area contributed by atoms with Gasteiger partial charge in [0.2, 0.25) is 0 Å². The minimum Gasteiger partial charge on any atom is -0.465 e. The lowest BCUT2D eigenvalue weighted by molar-refractivity contribution is -0.190. The average molecular weight is 325 g/mol. The molecular weight excluding hydrogens is 302 g/mol. The van der Waals surface area contributed by atoms with Crippen LogP contribution in [0.1, 0.15) is 25.0 Å². The Kier molecular flexibility index (Phi) is 4.69. The number of esters is 1. The second kappa shape index (κ2) is 6.75. The van der Waals surface area contributed by atoms with E-state index in [1.54, 1.807) is 12.1 Å². The molecule has 0 N–H and O–H groups in total. The Bertz CT molecular complexity index is 647. The summed E-state index contributed by atoms with van der Waals surface area (Å²) in [5.74, 6) is -0.354. The molecule has 1 aliphatic heterocycles. The summed E-state index contributed by atoms with van der Waals surface area (Å²) in [5.41, 5.74) is 1.35. The van der Waals surface area contributed by atoms with E-state index in [1.165, 1.54) is 0 Å². The molecular formula is C20H23NO3. The van der Waals surface area contributed by atoms with E-state index < -0.39 is 11.6 Å². The normalized spacial score (nSPS) is 23.1. The molecule has 3 rings (SSSR count). The molecule has 2 aromatic rings. The highest BCUT2D eigenvalue weighted by Gasteiger charge is 2.56. The summed E-state index contributed by atoms with van der Waals surface area (Å²) >= 11 is 0. The molecule has 0 spiro atoms. The van der Waals surface area contributed by atoms with Crippen LogP contribution in [0.5, 0.6) is 0 Å². The Morgan fingerprint density at radius 2 is 1.58 bits per heavy atom. The van der Waals surface area contributed by atoms with Crippen molar-refractivity contribution in [2.24, 2.45) is 5.92 Å². The van der Waals surface area contributed by atoms with Crippen molar-refractivity contribution >= 4 is 5.97 Å².